The van der Waals surface area contributed by atoms with Crippen molar-refractivity contribution in [3.05, 3.63) is 53.1 Å². The van der Waals surface area contributed by atoms with E-state index in [1.165, 1.54) is 37.9 Å². The molecule has 3 rings (SSSR count). The maximum Gasteiger partial charge on any atom is 0.316 e. The summed E-state index contributed by atoms with van der Waals surface area (Å²) in [7, 11) is 1.47. The maximum absolute atomic E-state index is 11.2. The fourth-order valence-corrected chi connectivity index (χ4v) is 3.49. The summed E-state index contributed by atoms with van der Waals surface area (Å²) in [5.74, 6) is 0.0605. The largest absolute Gasteiger partial charge is 0.481 e. The van der Waals surface area contributed by atoms with E-state index in [-0.39, 0.29) is 12.4 Å². The minimum Gasteiger partial charge on any atom is -0.481 e. The number of pyridine rings is 1. The fourth-order valence-electron chi connectivity index (χ4n) is 3.49. The summed E-state index contributed by atoms with van der Waals surface area (Å²) in [6.07, 6.45) is 12.0. The highest BCUT2D eigenvalue weighted by Gasteiger charge is 2.15. The third-order valence-corrected chi connectivity index (χ3v) is 5.24. The molecular weight excluding hydrogens is 408 g/mol. The van der Waals surface area contributed by atoms with E-state index in [9.17, 15) is 9.90 Å². The van der Waals surface area contributed by atoms with E-state index < -0.39 is 12.0 Å². The first kappa shape index (κ1) is 23.2. The van der Waals surface area contributed by atoms with Gasteiger partial charge >= 0.3 is 12.0 Å². The molecule has 2 aromatic heterocycles. The van der Waals surface area contributed by atoms with Gasteiger partial charge in [0.25, 0.3) is 0 Å². The third kappa shape index (κ3) is 7.04. The minimum absolute atomic E-state index is 0.169. The number of hydrogen-bond acceptors (Lipinski definition) is 8. The molecule has 1 aliphatic heterocycles. The summed E-state index contributed by atoms with van der Waals surface area (Å²) in [6.45, 7) is 0.976. The second-order valence-corrected chi connectivity index (χ2v) is 7.70. The maximum atomic E-state index is 11.2. The molecule has 9 heteroatoms. The van der Waals surface area contributed by atoms with Crippen molar-refractivity contribution >= 4 is 18.0 Å². The summed E-state index contributed by atoms with van der Waals surface area (Å²) >= 11 is 0. The molecule has 0 amide bonds. The number of hydrogen-bond donors (Lipinski definition) is 3. The number of ether oxygens (including phenoxy) is 1. The average Bonchev–Trinajstić information content (AvgIpc) is 3.03. The Balaban J connectivity index is 1.54. The number of allylic oxidation sites excluding steroid dienone is 2. The fraction of sp³-hybridized carbons (Fsp3) is 0.435. The molecule has 1 aliphatic rings. The number of fused-ring (bicyclic) bond motifs is 1. The number of aliphatic carboxylic acids is 1. The van der Waals surface area contributed by atoms with Crippen LogP contribution in [0.2, 0.25) is 0 Å². The van der Waals surface area contributed by atoms with E-state index >= 15 is 0 Å². The number of rotatable bonds is 10. The van der Waals surface area contributed by atoms with E-state index in [0.717, 1.165) is 37.3 Å². The smallest absolute Gasteiger partial charge is 0.316 e. The van der Waals surface area contributed by atoms with Gasteiger partial charge in [0.1, 0.15) is 5.82 Å². The van der Waals surface area contributed by atoms with E-state index in [0.29, 0.717) is 17.7 Å². The van der Waals surface area contributed by atoms with E-state index in [1.54, 1.807) is 12.3 Å². The zero-order valence-electron chi connectivity index (χ0n) is 18.3. The van der Waals surface area contributed by atoms with Crippen LogP contribution in [0.3, 0.4) is 0 Å². The molecule has 1 unspecified atom stereocenters. The first-order valence-electron chi connectivity index (χ1n) is 10.8. The highest BCUT2D eigenvalue weighted by atomic mass is 16.5. The van der Waals surface area contributed by atoms with Crippen molar-refractivity contribution in [2.24, 2.45) is 10.7 Å². The number of aromatic nitrogens is 3. The van der Waals surface area contributed by atoms with E-state index in [4.69, 9.17) is 15.5 Å². The van der Waals surface area contributed by atoms with Crippen molar-refractivity contribution in [3.8, 4) is 6.01 Å². The van der Waals surface area contributed by atoms with Crippen molar-refractivity contribution in [1.82, 2.24) is 15.0 Å². The number of carboxylic acids is 1. The number of methoxy groups -OCH3 is 1. The van der Waals surface area contributed by atoms with Gasteiger partial charge in [0.2, 0.25) is 0 Å². The molecule has 3 heterocycles. The lowest BCUT2D eigenvalue weighted by molar-refractivity contribution is -0.137. The molecule has 0 spiro atoms. The molecule has 0 aliphatic carbocycles. The van der Waals surface area contributed by atoms with Gasteiger partial charge in [-0.1, -0.05) is 6.07 Å². The van der Waals surface area contributed by atoms with Gasteiger partial charge in [-0.3, -0.25) is 9.79 Å². The van der Waals surface area contributed by atoms with Crippen LogP contribution < -0.4 is 15.8 Å². The van der Waals surface area contributed by atoms with Gasteiger partial charge in [-0.2, -0.15) is 0 Å². The Hall–Kier alpha value is -3.49. The Morgan fingerprint density at radius 2 is 2.16 bits per heavy atom. The van der Waals surface area contributed by atoms with Gasteiger partial charge in [-0.25, -0.2) is 15.0 Å². The normalized spacial score (nSPS) is 15.0. The number of nitrogens with zero attached hydrogens (tertiary/aromatic N) is 4. The van der Waals surface area contributed by atoms with Gasteiger partial charge in [0.15, 0.2) is 0 Å². The van der Waals surface area contributed by atoms with Crippen LogP contribution in [-0.2, 0) is 17.6 Å². The predicted octanol–water partition coefficient (Wildman–Crippen LogP) is 3.08. The van der Waals surface area contributed by atoms with Crippen molar-refractivity contribution in [2.75, 3.05) is 19.0 Å². The summed E-state index contributed by atoms with van der Waals surface area (Å²) in [6, 6.07) is 3.89. The Morgan fingerprint density at radius 1 is 1.34 bits per heavy atom. The van der Waals surface area contributed by atoms with Crippen molar-refractivity contribution in [1.29, 1.82) is 0 Å². The van der Waals surface area contributed by atoms with Crippen LogP contribution >= 0.6 is 0 Å². The van der Waals surface area contributed by atoms with Crippen LogP contribution in [0.25, 0.3) is 0 Å². The van der Waals surface area contributed by atoms with Crippen molar-refractivity contribution in [3.63, 3.8) is 0 Å². The second kappa shape index (κ2) is 11.8. The first-order valence-corrected chi connectivity index (χ1v) is 10.8. The molecule has 32 heavy (non-hydrogen) atoms. The quantitative estimate of drug-likeness (QED) is 0.482. The van der Waals surface area contributed by atoms with Crippen LogP contribution in [0.1, 0.15) is 55.0 Å². The molecule has 0 radical (unpaired) electrons. The zero-order chi connectivity index (χ0) is 22.8. The molecule has 2 aromatic rings. The highest BCUT2D eigenvalue weighted by molar-refractivity contribution is 5.73. The minimum atomic E-state index is -0.956. The SMILES string of the molecule is COc1ncc(C(CC(=O)O)N=CC=C(N)CCCc2ccc3c(n2)NCCCC3)cn1. The molecule has 0 saturated carbocycles. The Kier molecular flexibility index (Phi) is 8.53. The number of carbonyl (C=O) groups is 1. The van der Waals surface area contributed by atoms with Crippen molar-refractivity contribution in [2.45, 2.75) is 51.0 Å². The van der Waals surface area contributed by atoms with Crippen LogP contribution in [0.15, 0.2) is 41.3 Å². The number of nitrogens with two attached hydrogens (primary N) is 1. The molecule has 0 fully saturated rings. The monoisotopic (exact) mass is 438 g/mol. The van der Waals surface area contributed by atoms with Crippen LogP contribution in [-0.4, -0.2) is 45.9 Å². The number of aliphatic imine (C=N–C) groups is 1. The zero-order valence-corrected chi connectivity index (χ0v) is 18.3. The number of anilines is 1. The second-order valence-electron chi connectivity index (χ2n) is 7.70. The Morgan fingerprint density at radius 3 is 2.91 bits per heavy atom. The standard InChI is InChI=1S/C23H30N6O3/c1-32-23-27-14-17(15-28-23)20(13-21(30)31)25-12-10-18(24)6-4-7-19-9-8-16-5-2-3-11-26-22(16)29-19/h8-10,12,14-15,20H,2-7,11,13,24H2,1H3,(H,26,29)(H,30,31). The molecule has 9 nitrogen and oxygen atoms in total. The average molecular weight is 439 g/mol. The van der Waals surface area contributed by atoms with Gasteiger partial charge in [0, 0.05) is 42.1 Å². The Labute approximate surface area is 187 Å². The van der Waals surface area contributed by atoms with Gasteiger partial charge in [-0.15, -0.1) is 0 Å². The number of nitrogens with one attached hydrogen (secondary N) is 1. The molecule has 170 valence electrons. The number of carboxylic acid groups (broad SMARTS) is 1. The third-order valence-electron chi connectivity index (χ3n) is 5.24. The molecule has 0 aromatic carbocycles. The lowest BCUT2D eigenvalue weighted by Gasteiger charge is -2.10. The number of aryl methyl sites for hydroxylation is 2. The van der Waals surface area contributed by atoms with Crippen LogP contribution in [0.4, 0.5) is 5.82 Å². The summed E-state index contributed by atoms with van der Waals surface area (Å²) in [4.78, 5) is 28.3. The van der Waals surface area contributed by atoms with Gasteiger partial charge in [0.05, 0.1) is 19.6 Å². The summed E-state index contributed by atoms with van der Waals surface area (Å²) in [5.41, 5.74) is 9.74. The predicted molar refractivity (Wildman–Crippen MR) is 123 cm³/mol. The van der Waals surface area contributed by atoms with Crippen LogP contribution in [0.5, 0.6) is 6.01 Å². The highest BCUT2D eigenvalue weighted by Crippen LogP contribution is 2.21. The summed E-state index contributed by atoms with van der Waals surface area (Å²) < 4.78 is 4.93. The van der Waals surface area contributed by atoms with E-state index in [2.05, 4.69) is 32.4 Å². The topological polar surface area (TPSA) is 136 Å². The lowest BCUT2D eigenvalue weighted by atomic mass is 10.1. The first-order chi connectivity index (χ1) is 15.5. The lowest BCUT2D eigenvalue weighted by Crippen LogP contribution is -2.06. The van der Waals surface area contributed by atoms with Gasteiger partial charge in [-0.05, 0) is 56.2 Å². The molecule has 1 atom stereocenters. The van der Waals surface area contributed by atoms with Crippen molar-refractivity contribution < 1.29 is 14.6 Å². The molecule has 0 saturated heterocycles. The molecule has 4 N–H and O–H groups in total. The summed E-state index contributed by atoms with van der Waals surface area (Å²) in [5, 5.41) is 12.6. The van der Waals surface area contributed by atoms with Crippen LogP contribution in [0, 0.1) is 0 Å². The molecule has 0 bridgehead atoms. The molecular formula is C23H30N6O3. The van der Waals surface area contributed by atoms with Gasteiger partial charge < -0.3 is 20.9 Å². The van der Waals surface area contributed by atoms with E-state index in [1.807, 2.05) is 0 Å². The Bertz CT molecular complexity index is 959.